The molecule has 0 saturated heterocycles. The van der Waals surface area contributed by atoms with E-state index < -0.39 is 0 Å². The molecule has 0 aliphatic heterocycles. The van der Waals surface area contributed by atoms with E-state index in [0.717, 1.165) is 17.3 Å². The van der Waals surface area contributed by atoms with Crippen LogP contribution in [0.2, 0.25) is 0 Å². The molecule has 0 aromatic carbocycles. The van der Waals surface area contributed by atoms with Gasteiger partial charge in [-0.25, -0.2) is 9.97 Å². The maximum Gasteiger partial charge on any atom is 0.160 e. The first-order valence-corrected chi connectivity index (χ1v) is 7.40. The van der Waals surface area contributed by atoms with Gasteiger partial charge in [0.15, 0.2) is 5.82 Å². The summed E-state index contributed by atoms with van der Waals surface area (Å²) in [6, 6.07) is 0. The number of anilines is 1. The lowest BCUT2D eigenvalue weighted by Gasteiger charge is -2.30. The SMILES string of the molecule is CCOC(c1nc(C)c(C(C)C)c(NC)n1)C(C)(C)C. The Morgan fingerprint density at radius 3 is 2.20 bits per heavy atom. The maximum absolute atomic E-state index is 5.89. The Balaban J connectivity index is 3.35. The van der Waals surface area contributed by atoms with Crippen molar-refractivity contribution in [2.75, 3.05) is 19.0 Å². The van der Waals surface area contributed by atoms with Crippen molar-refractivity contribution in [3.8, 4) is 0 Å². The van der Waals surface area contributed by atoms with Gasteiger partial charge in [-0.2, -0.15) is 0 Å². The van der Waals surface area contributed by atoms with Crippen molar-refractivity contribution in [1.82, 2.24) is 9.97 Å². The zero-order valence-corrected chi connectivity index (χ0v) is 14.2. The average molecular weight is 279 g/mol. The Hall–Kier alpha value is -1.16. The Morgan fingerprint density at radius 2 is 1.80 bits per heavy atom. The molecule has 1 atom stereocenters. The van der Waals surface area contributed by atoms with Gasteiger partial charge in [-0.1, -0.05) is 34.6 Å². The Bertz CT molecular complexity index is 450. The van der Waals surface area contributed by atoms with E-state index in [2.05, 4.69) is 39.9 Å². The van der Waals surface area contributed by atoms with Gasteiger partial charge in [-0.15, -0.1) is 0 Å². The predicted octanol–water partition coefficient (Wildman–Crippen LogP) is 4.07. The number of hydrogen-bond donors (Lipinski definition) is 1. The number of aryl methyl sites for hydroxylation is 1. The molecular weight excluding hydrogens is 250 g/mol. The van der Waals surface area contributed by atoms with Crippen LogP contribution in [0, 0.1) is 12.3 Å². The van der Waals surface area contributed by atoms with Crippen molar-refractivity contribution in [2.45, 2.75) is 60.5 Å². The molecule has 0 radical (unpaired) electrons. The number of rotatable bonds is 5. The molecule has 20 heavy (non-hydrogen) atoms. The third-order valence-electron chi connectivity index (χ3n) is 3.32. The lowest BCUT2D eigenvalue weighted by Crippen LogP contribution is -2.25. The normalized spacial score (nSPS) is 13.7. The zero-order valence-electron chi connectivity index (χ0n) is 14.2. The second-order valence-electron chi connectivity index (χ2n) is 6.54. The van der Waals surface area contributed by atoms with Crippen LogP contribution in [0.1, 0.15) is 70.6 Å². The van der Waals surface area contributed by atoms with Gasteiger partial charge >= 0.3 is 0 Å². The summed E-state index contributed by atoms with van der Waals surface area (Å²) in [5, 5.41) is 3.20. The second-order valence-corrected chi connectivity index (χ2v) is 6.54. The van der Waals surface area contributed by atoms with Crippen molar-refractivity contribution in [3.05, 3.63) is 17.1 Å². The van der Waals surface area contributed by atoms with Crippen molar-refractivity contribution < 1.29 is 4.74 Å². The summed E-state index contributed by atoms with van der Waals surface area (Å²) >= 11 is 0. The number of nitrogens with zero attached hydrogens (tertiary/aromatic N) is 2. The molecule has 1 heterocycles. The van der Waals surface area contributed by atoms with Crippen molar-refractivity contribution in [1.29, 1.82) is 0 Å². The summed E-state index contributed by atoms with van der Waals surface area (Å²) < 4.78 is 5.89. The van der Waals surface area contributed by atoms with Gasteiger partial charge < -0.3 is 10.1 Å². The van der Waals surface area contributed by atoms with Gasteiger partial charge in [-0.3, -0.25) is 0 Å². The van der Waals surface area contributed by atoms with E-state index in [1.54, 1.807) is 0 Å². The van der Waals surface area contributed by atoms with Crippen molar-refractivity contribution >= 4 is 5.82 Å². The van der Waals surface area contributed by atoms with Gasteiger partial charge in [0.25, 0.3) is 0 Å². The molecule has 0 amide bonds. The fourth-order valence-electron chi connectivity index (χ4n) is 2.48. The first-order chi connectivity index (χ1) is 9.22. The lowest BCUT2D eigenvalue weighted by molar-refractivity contribution is -0.0191. The molecule has 114 valence electrons. The first-order valence-electron chi connectivity index (χ1n) is 7.40. The number of ether oxygens (including phenoxy) is 1. The Kier molecular flexibility index (Phi) is 5.51. The average Bonchev–Trinajstić information content (AvgIpc) is 2.32. The zero-order chi connectivity index (χ0) is 15.5. The fraction of sp³-hybridized carbons (Fsp3) is 0.750. The van der Waals surface area contributed by atoms with E-state index in [0.29, 0.717) is 12.5 Å². The molecule has 4 nitrogen and oxygen atoms in total. The van der Waals surface area contributed by atoms with Crippen LogP contribution in [0.4, 0.5) is 5.82 Å². The molecule has 1 aromatic heterocycles. The molecule has 4 heteroatoms. The minimum Gasteiger partial charge on any atom is -0.373 e. The minimum atomic E-state index is -0.0977. The van der Waals surface area contributed by atoms with E-state index in [1.165, 1.54) is 5.56 Å². The summed E-state index contributed by atoms with van der Waals surface area (Å²) in [4.78, 5) is 9.42. The Labute approximate surface area is 123 Å². The monoisotopic (exact) mass is 279 g/mol. The highest BCUT2D eigenvalue weighted by molar-refractivity contribution is 5.48. The van der Waals surface area contributed by atoms with Gasteiger partial charge in [0, 0.05) is 24.9 Å². The molecule has 0 aliphatic rings. The Morgan fingerprint density at radius 1 is 1.20 bits per heavy atom. The third kappa shape index (κ3) is 3.69. The van der Waals surface area contributed by atoms with Crippen LogP contribution < -0.4 is 5.32 Å². The van der Waals surface area contributed by atoms with Crippen molar-refractivity contribution in [2.24, 2.45) is 5.41 Å². The molecular formula is C16H29N3O. The van der Waals surface area contributed by atoms with Crippen LogP contribution in [0.25, 0.3) is 0 Å². The number of hydrogen-bond acceptors (Lipinski definition) is 4. The van der Waals surface area contributed by atoms with E-state index >= 15 is 0 Å². The van der Waals surface area contributed by atoms with E-state index in [9.17, 15) is 0 Å². The molecule has 1 N–H and O–H groups in total. The standard InChI is InChI=1S/C16H29N3O/c1-9-20-13(16(5,6)7)15-18-11(4)12(10(2)3)14(17-8)19-15/h10,13H,9H2,1-8H3,(H,17,18,19). The van der Waals surface area contributed by atoms with Crippen LogP contribution in [0.3, 0.4) is 0 Å². The quantitative estimate of drug-likeness (QED) is 0.882. The summed E-state index contributed by atoms with van der Waals surface area (Å²) in [5.41, 5.74) is 2.18. The predicted molar refractivity (Wildman–Crippen MR) is 84.2 cm³/mol. The highest BCUT2D eigenvalue weighted by Gasteiger charge is 2.30. The molecule has 0 aliphatic carbocycles. The van der Waals surface area contributed by atoms with Crippen LogP contribution in [0.15, 0.2) is 0 Å². The summed E-state index contributed by atoms with van der Waals surface area (Å²) in [7, 11) is 1.91. The number of aromatic nitrogens is 2. The van der Waals surface area contributed by atoms with Crippen LogP contribution in [-0.4, -0.2) is 23.6 Å². The largest absolute Gasteiger partial charge is 0.373 e. The highest BCUT2D eigenvalue weighted by Crippen LogP contribution is 2.36. The van der Waals surface area contributed by atoms with E-state index in [-0.39, 0.29) is 11.5 Å². The van der Waals surface area contributed by atoms with Crippen LogP contribution >= 0.6 is 0 Å². The van der Waals surface area contributed by atoms with E-state index in [4.69, 9.17) is 14.7 Å². The molecule has 0 bridgehead atoms. The fourth-order valence-corrected chi connectivity index (χ4v) is 2.48. The molecule has 1 rings (SSSR count). The molecule has 0 fully saturated rings. The number of nitrogens with one attached hydrogen (secondary N) is 1. The summed E-state index contributed by atoms with van der Waals surface area (Å²) in [6.45, 7) is 15.5. The van der Waals surface area contributed by atoms with Crippen LogP contribution in [0.5, 0.6) is 0 Å². The lowest BCUT2D eigenvalue weighted by atomic mass is 9.88. The summed E-state index contributed by atoms with van der Waals surface area (Å²) in [6.07, 6.45) is -0.0977. The van der Waals surface area contributed by atoms with Gasteiger partial charge in [0.05, 0.1) is 0 Å². The third-order valence-corrected chi connectivity index (χ3v) is 3.32. The smallest absolute Gasteiger partial charge is 0.160 e. The second kappa shape index (κ2) is 6.53. The minimum absolute atomic E-state index is 0.0349. The highest BCUT2D eigenvalue weighted by atomic mass is 16.5. The molecule has 0 spiro atoms. The van der Waals surface area contributed by atoms with Gasteiger partial charge in [0.2, 0.25) is 0 Å². The molecule has 1 unspecified atom stereocenters. The van der Waals surface area contributed by atoms with Gasteiger partial charge in [0.1, 0.15) is 11.9 Å². The topological polar surface area (TPSA) is 47.0 Å². The first kappa shape index (κ1) is 16.9. The van der Waals surface area contributed by atoms with Crippen molar-refractivity contribution in [3.63, 3.8) is 0 Å². The molecule has 1 aromatic rings. The summed E-state index contributed by atoms with van der Waals surface area (Å²) in [5.74, 6) is 2.08. The molecule has 0 saturated carbocycles. The van der Waals surface area contributed by atoms with Gasteiger partial charge in [-0.05, 0) is 25.2 Å². The van der Waals surface area contributed by atoms with Crippen LogP contribution in [-0.2, 0) is 4.74 Å². The maximum atomic E-state index is 5.89. The van der Waals surface area contributed by atoms with E-state index in [1.807, 2.05) is 20.9 Å².